The lowest BCUT2D eigenvalue weighted by Gasteiger charge is -2.33. The number of rotatable bonds is 9. The second kappa shape index (κ2) is 10.9. The second-order valence-electron chi connectivity index (χ2n) is 8.62. The van der Waals surface area contributed by atoms with Gasteiger partial charge in [0.25, 0.3) is 5.91 Å². The van der Waals surface area contributed by atoms with Crippen molar-refractivity contribution in [2.45, 2.75) is 18.2 Å². The number of halogens is 1. The molecule has 2 aromatic carbocycles. The minimum absolute atomic E-state index is 0.203. The molecule has 0 bridgehead atoms. The van der Waals surface area contributed by atoms with E-state index in [4.69, 9.17) is 31.5 Å². The summed E-state index contributed by atoms with van der Waals surface area (Å²) in [6.45, 7) is 0. The van der Waals surface area contributed by atoms with Crippen molar-refractivity contribution in [3.8, 4) is 22.8 Å². The van der Waals surface area contributed by atoms with Gasteiger partial charge in [-0.3, -0.25) is 9.59 Å². The molecule has 0 aliphatic carbocycles. The van der Waals surface area contributed by atoms with Crippen molar-refractivity contribution in [2.75, 3.05) is 7.11 Å². The summed E-state index contributed by atoms with van der Waals surface area (Å²) in [7, 11) is 1.55. The average molecular weight is 546 g/mol. The molecule has 0 saturated heterocycles. The van der Waals surface area contributed by atoms with Crippen molar-refractivity contribution in [1.82, 2.24) is 20.1 Å². The first-order valence-corrected chi connectivity index (χ1v) is 12.3. The number of aromatic nitrogens is 3. The molecule has 198 valence electrons. The Morgan fingerprint density at radius 2 is 1.87 bits per heavy atom. The molecule has 11 heteroatoms. The lowest BCUT2D eigenvalue weighted by Crippen LogP contribution is -2.61. The Morgan fingerprint density at radius 1 is 1.10 bits per heavy atom. The highest BCUT2D eigenvalue weighted by Gasteiger charge is 2.51. The Labute approximate surface area is 229 Å². The van der Waals surface area contributed by atoms with Crippen LogP contribution in [0.4, 0.5) is 0 Å². The average Bonchev–Trinajstić information content (AvgIpc) is 3.64. The summed E-state index contributed by atoms with van der Waals surface area (Å²) >= 11 is 6.10. The molecule has 2 amide bonds. The predicted molar refractivity (Wildman–Crippen MR) is 143 cm³/mol. The zero-order valence-corrected chi connectivity index (χ0v) is 21.5. The fraction of sp³-hybridized carbons (Fsp3) is 0.143. The number of hydrogen-bond acceptors (Lipinski definition) is 7. The smallest absolute Gasteiger partial charge is 0.352 e. The molecule has 1 aliphatic rings. The summed E-state index contributed by atoms with van der Waals surface area (Å²) in [5, 5.41) is 8.02. The molecule has 1 atom stereocenters. The van der Waals surface area contributed by atoms with E-state index in [1.54, 1.807) is 55.9 Å². The van der Waals surface area contributed by atoms with E-state index in [9.17, 15) is 9.59 Å². The minimum Gasteiger partial charge on any atom is -0.496 e. The van der Waals surface area contributed by atoms with Crippen molar-refractivity contribution < 1.29 is 23.8 Å². The van der Waals surface area contributed by atoms with Crippen LogP contribution in [0.5, 0.6) is 5.75 Å². The highest BCUT2D eigenvalue weighted by Crippen LogP contribution is 2.32. The molecular formula is C28H24ClN5O5. The Balaban J connectivity index is 1.47. The number of nitrogens with zero attached hydrogens (tertiary/aromatic N) is 3. The van der Waals surface area contributed by atoms with Crippen LogP contribution in [0.15, 0.2) is 91.6 Å². The number of hydrogen-bond donors (Lipinski definition) is 2. The van der Waals surface area contributed by atoms with Crippen molar-refractivity contribution in [3.63, 3.8) is 0 Å². The maximum Gasteiger partial charge on any atom is 0.352 e. The molecule has 5 rings (SSSR count). The van der Waals surface area contributed by atoms with Crippen LogP contribution < -0.4 is 15.8 Å². The van der Waals surface area contributed by atoms with E-state index < -0.39 is 23.6 Å². The number of nitrogens with two attached hydrogens (primary N) is 1. The SMILES string of the molecule is COc1cc(Cl)ccc1-c1ccn(-c2ncccc2C(=O)NC(Cc2ccccc2)C2(C(N)=O)OC=CO2)n1. The molecule has 10 nitrogen and oxygen atoms in total. The van der Waals surface area contributed by atoms with E-state index in [0.29, 0.717) is 16.5 Å². The first kappa shape index (κ1) is 25.8. The van der Waals surface area contributed by atoms with Crippen LogP contribution in [0.3, 0.4) is 0 Å². The van der Waals surface area contributed by atoms with Crippen LogP contribution in [-0.2, 0) is 20.7 Å². The van der Waals surface area contributed by atoms with E-state index in [0.717, 1.165) is 11.1 Å². The largest absolute Gasteiger partial charge is 0.496 e. The predicted octanol–water partition coefficient (Wildman–Crippen LogP) is 3.64. The van der Waals surface area contributed by atoms with E-state index >= 15 is 0 Å². The first-order chi connectivity index (χ1) is 18.9. The fourth-order valence-electron chi connectivity index (χ4n) is 4.32. The van der Waals surface area contributed by atoms with Crippen LogP contribution in [0.1, 0.15) is 15.9 Å². The number of primary amides is 1. The van der Waals surface area contributed by atoms with Gasteiger partial charge in [0, 0.05) is 29.4 Å². The zero-order valence-electron chi connectivity index (χ0n) is 20.8. The van der Waals surface area contributed by atoms with E-state index in [2.05, 4.69) is 15.4 Å². The zero-order chi connectivity index (χ0) is 27.4. The van der Waals surface area contributed by atoms with Gasteiger partial charge in [0.05, 0.1) is 18.4 Å². The van der Waals surface area contributed by atoms with Gasteiger partial charge in [0.15, 0.2) is 5.82 Å². The number of carbonyl (C=O) groups excluding carboxylic acids is 2. The molecular weight excluding hydrogens is 522 g/mol. The third-order valence-electron chi connectivity index (χ3n) is 6.21. The maximum absolute atomic E-state index is 13.7. The molecule has 0 spiro atoms. The standard InChI is InChI=1S/C28H24ClN5O5/c1-37-23-17-19(29)9-10-20(23)22-11-13-34(33-22)25-21(8-5-12-31-25)26(35)32-24(16-18-6-3-2-4-7-18)28(27(30)36)38-14-15-39-28/h2-15,17,24H,16H2,1H3,(H2,30,36)(H,32,35). The van der Waals surface area contributed by atoms with E-state index in [-0.39, 0.29) is 17.8 Å². The number of benzene rings is 2. The van der Waals surface area contributed by atoms with Crippen molar-refractivity contribution in [2.24, 2.45) is 5.73 Å². The van der Waals surface area contributed by atoms with Crippen LogP contribution >= 0.6 is 11.6 Å². The molecule has 0 radical (unpaired) electrons. The molecule has 39 heavy (non-hydrogen) atoms. The third kappa shape index (κ3) is 5.14. The normalized spacial score (nSPS) is 14.2. The maximum atomic E-state index is 13.7. The number of carbonyl (C=O) groups is 2. The Bertz CT molecular complexity index is 1530. The molecule has 2 aromatic heterocycles. The molecule has 3 N–H and O–H groups in total. The number of pyridine rings is 1. The topological polar surface area (TPSA) is 131 Å². The van der Waals surface area contributed by atoms with Gasteiger partial charge in [0.1, 0.15) is 24.3 Å². The van der Waals surface area contributed by atoms with Crippen LogP contribution in [0.25, 0.3) is 17.1 Å². The molecule has 0 saturated carbocycles. The van der Waals surface area contributed by atoms with Crippen LogP contribution in [0, 0.1) is 0 Å². The van der Waals surface area contributed by atoms with Gasteiger partial charge in [-0.15, -0.1) is 0 Å². The number of nitrogens with one attached hydrogen (secondary N) is 1. The Morgan fingerprint density at radius 3 is 2.59 bits per heavy atom. The molecule has 3 heterocycles. The summed E-state index contributed by atoms with van der Waals surface area (Å²) in [6, 6.07) is 18.6. The van der Waals surface area contributed by atoms with Gasteiger partial charge >= 0.3 is 11.7 Å². The molecule has 1 unspecified atom stereocenters. The van der Waals surface area contributed by atoms with Gasteiger partial charge in [-0.2, -0.15) is 5.10 Å². The van der Waals surface area contributed by atoms with Gasteiger partial charge in [0.2, 0.25) is 0 Å². The van der Waals surface area contributed by atoms with E-state index in [1.807, 2.05) is 30.3 Å². The summed E-state index contributed by atoms with van der Waals surface area (Å²) in [5.41, 5.74) is 8.04. The monoisotopic (exact) mass is 545 g/mol. The molecule has 1 aliphatic heterocycles. The Kier molecular flexibility index (Phi) is 7.20. The number of amides is 2. The third-order valence-corrected chi connectivity index (χ3v) is 6.44. The lowest BCUT2D eigenvalue weighted by molar-refractivity contribution is -0.182. The molecule has 0 fully saturated rings. The molecule has 4 aromatic rings. The quantitative estimate of drug-likeness (QED) is 0.328. The highest BCUT2D eigenvalue weighted by atomic mass is 35.5. The number of ether oxygens (including phenoxy) is 3. The summed E-state index contributed by atoms with van der Waals surface area (Å²) < 4.78 is 18.0. The van der Waals surface area contributed by atoms with Crippen molar-refractivity contribution in [1.29, 1.82) is 0 Å². The lowest BCUT2D eigenvalue weighted by atomic mass is 9.97. The van der Waals surface area contributed by atoms with Crippen LogP contribution in [0.2, 0.25) is 5.02 Å². The summed E-state index contributed by atoms with van der Waals surface area (Å²) in [4.78, 5) is 30.6. The van der Waals surface area contributed by atoms with Gasteiger partial charge < -0.3 is 25.3 Å². The van der Waals surface area contributed by atoms with E-state index in [1.165, 1.54) is 17.2 Å². The van der Waals surface area contributed by atoms with Gasteiger partial charge in [-0.1, -0.05) is 41.9 Å². The minimum atomic E-state index is -1.92. The van der Waals surface area contributed by atoms with Crippen LogP contribution in [-0.4, -0.2) is 45.5 Å². The van der Waals surface area contributed by atoms with Crippen molar-refractivity contribution in [3.05, 3.63) is 108 Å². The van der Waals surface area contributed by atoms with Gasteiger partial charge in [-0.25, -0.2) is 9.67 Å². The number of methoxy groups -OCH3 is 1. The van der Waals surface area contributed by atoms with Gasteiger partial charge in [-0.05, 0) is 42.0 Å². The Hall–Kier alpha value is -4.83. The van der Waals surface area contributed by atoms with Crippen molar-refractivity contribution >= 4 is 23.4 Å². The first-order valence-electron chi connectivity index (χ1n) is 11.9. The fourth-order valence-corrected chi connectivity index (χ4v) is 4.48. The summed E-state index contributed by atoms with van der Waals surface area (Å²) in [6.07, 6.45) is 5.88. The highest BCUT2D eigenvalue weighted by molar-refractivity contribution is 6.30. The second-order valence-corrected chi connectivity index (χ2v) is 9.06. The summed E-state index contributed by atoms with van der Waals surface area (Å²) in [5.74, 6) is -2.50.